The van der Waals surface area contributed by atoms with Crippen molar-refractivity contribution in [2.45, 2.75) is 6.54 Å². The normalized spacial score (nSPS) is 14.1. The Balaban J connectivity index is 1.52. The molecule has 9 heteroatoms. The van der Waals surface area contributed by atoms with Crippen LogP contribution in [0.5, 0.6) is 10.9 Å². The first kappa shape index (κ1) is 19.8. The molecular formula is C20H20ClN3O4S. The Morgan fingerprint density at radius 3 is 2.90 bits per heavy atom. The number of halogens is 1. The first-order chi connectivity index (χ1) is 14.1. The van der Waals surface area contributed by atoms with Crippen LogP contribution in [0.25, 0.3) is 10.2 Å². The van der Waals surface area contributed by atoms with Gasteiger partial charge in [0.25, 0.3) is 5.19 Å². The smallest absolute Gasteiger partial charge is 0.414 e. The summed E-state index contributed by atoms with van der Waals surface area (Å²) < 4.78 is 17.2. The largest absolute Gasteiger partial charge is 0.494 e. The van der Waals surface area contributed by atoms with E-state index in [1.54, 1.807) is 19.2 Å². The Bertz CT molecular complexity index is 1020. The summed E-state index contributed by atoms with van der Waals surface area (Å²) in [5, 5.41) is 3.60. The number of morpholine rings is 1. The van der Waals surface area contributed by atoms with E-state index >= 15 is 0 Å². The van der Waals surface area contributed by atoms with Crippen LogP contribution < -0.4 is 19.7 Å². The Kier molecular flexibility index (Phi) is 6.03. The summed E-state index contributed by atoms with van der Waals surface area (Å²) >= 11 is 7.29. The van der Waals surface area contributed by atoms with Gasteiger partial charge in [0.1, 0.15) is 11.3 Å². The van der Waals surface area contributed by atoms with Crippen LogP contribution in [0.2, 0.25) is 5.02 Å². The van der Waals surface area contributed by atoms with Gasteiger partial charge in [-0.05, 0) is 29.8 Å². The highest BCUT2D eigenvalue weighted by Crippen LogP contribution is 2.40. The summed E-state index contributed by atoms with van der Waals surface area (Å²) in [5.74, 6) is 0.641. The number of ether oxygens (including phenoxy) is 3. The van der Waals surface area contributed by atoms with Crippen LogP contribution in [-0.4, -0.2) is 44.5 Å². The van der Waals surface area contributed by atoms with E-state index in [2.05, 4.69) is 15.2 Å². The average Bonchev–Trinajstić information content (AvgIpc) is 3.15. The lowest BCUT2D eigenvalue weighted by atomic mass is 10.2. The molecule has 3 aromatic rings. The maximum absolute atomic E-state index is 12.2. The Labute approximate surface area is 177 Å². The van der Waals surface area contributed by atoms with Gasteiger partial charge in [-0.25, -0.2) is 4.79 Å². The van der Waals surface area contributed by atoms with Gasteiger partial charge in [0, 0.05) is 24.7 Å². The third kappa shape index (κ3) is 4.55. The number of amides is 1. The Hall–Kier alpha value is -2.55. The zero-order chi connectivity index (χ0) is 20.2. The standard InChI is InChI=1S/C20H20ClN3O4S/c1-26-16-6-5-15(24-7-9-27-10-8-24)18-17(16)23-20(29-18)28-19(25)22-12-13-3-2-4-14(21)11-13/h2-6,11H,7-10,12H2,1H3,(H,22,25). The van der Waals surface area contributed by atoms with Gasteiger partial charge in [-0.1, -0.05) is 35.1 Å². The number of carbonyl (C=O) groups excluding carboxylic acids is 1. The molecule has 7 nitrogen and oxygen atoms in total. The predicted octanol–water partition coefficient (Wildman–Crippen LogP) is 4.08. The SMILES string of the molecule is COc1ccc(N2CCOCC2)c2sc(OC(=O)NCc3cccc(Cl)c3)nc12. The Morgan fingerprint density at radius 2 is 2.14 bits per heavy atom. The lowest BCUT2D eigenvalue weighted by Gasteiger charge is -2.29. The van der Waals surface area contributed by atoms with Crippen molar-refractivity contribution in [3.05, 3.63) is 47.0 Å². The lowest BCUT2D eigenvalue weighted by molar-refractivity contribution is 0.123. The molecule has 0 radical (unpaired) electrons. The number of carbonyl (C=O) groups is 1. The van der Waals surface area contributed by atoms with Crippen LogP contribution >= 0.6 is 22.9 Å². The second kappa shape index (κ2) is 8.86. The zero-order valence-electron chi connectivity index (χ0n) is 15.8. The van der Waals surface area contributed by atoms with E-state index in [1.165, 1.54) is 11.3 Å². The highest BCUT2D eigenvalue weighted by molar-refractivity contribution is 7.21. The molecule has 0 saturated carbocycles. The maximum Gasteiger partial charge on any atom is 0.414 e. The Morgan fingerprint density at radius 1 is 1.31 bits per heavy atom. The number of fused-ring (bicyclic) bond motifs is 1. The maximum atomic E-state index is 12.2. The van der Waals surface area contributed by atoms with Crippen LogP contribution in [0, 0.1) is 0 Å². The molecule has 4 rings (SSSR count). The third-order valence-electron chi connectivity index (χ3n) is 4.54. The number of thiazole rings is 1. The van der Waals surface area contributed by atoms with Crippen molar-refractivity contribution in [3.8, 4) is 10.9 Å². The van der Waals surface area contributed by atoms with Gasteiger partial charge in [-0.15, -0.1) is 0 Å². The number of nitrogens with one attached hydrogen (secondary N) is 1. The molecule has 2 aromatic carbocycles. The van der Waals surface area contributed by atoms with Gasteiger partial charge in [-0.2, -0.15) is 4.98 Å². The van der Waals surface area contributed by atoms with Gasteiger partial charge in [0.15, 0.2) is 0 Å². The number of aromatic nitrogens is 1. The molecular weight excluding hydrogens is 414 g/mol. The van der Waals surface area contributed by atoms with Crippen LogP contribution in [0.3, 0.4) is 0 Å². The number of nitrogens with zero attached hydrogens (tertiary/aromatic N) is 2. The molecule has 0 unspecified atom stereocenters. The molecule has 2 heterocycles. The van der Waals surface area contributed by atoms with Gasteiger partial charge in [0.2, 0.25) is 0 Å². The van der Waals surface area contributed by atoms with Crippen molar-refractivity contribution < 1.29 is 19.0 Å². The monoisotopic (exact) mass is 433 g/mol. The molecule has 1 aliphatic rings. The second-order valence-corrected chi connectivity index (χ2v) is 7.81. The lowest BCUT2D eigenvalue weighted by Crippen LogP contribution is -2.36. The van der Waals surface area contributed by atoms with Crippen molar-refractivity contribution in [1.29, 1.82) is 0 Å². The van der Waals surface area contributed by atoms with E-state index in [0.717, 1.165) is 29.0 Å². The van der Waals surface area contributed by atoms with Crippen LogP contribution in [0.1, 0.15) is 5.56 Å². The van der Waals surface area contributed by atoms with Crippen molar-refractivity contribution in [1.82, 2.24) is 10.3 Å². The molecule has 1 amide bonds. The summed E-state index contributed by atoms with van der Waals surface area (Å²) in [6.07, 6.45) is -0.573. The molecule has 1 aromatic heterocycles. The predicted molar refractivity (Wildman–Crippen MR) is 114 cm³/mol. The van der Waals surface area contributed by atoms with E-state index in [0.29, 0.717) is 36.0 Å². The molecule has 1 aliphatic heterocycles. The summed E-state index contributed by atoms with van der Waals surface area (Å²) in [6.45, 7) is 3.28. The van der Waals surface area contributed by atoms with Crippen molar-refractivity contribution in [2.24, 2.45) is 0 Å². The van der Waals surface area contributed by atoms with Crippen molar-refractivity contribution >= 4 is 44.9 Å². The number of benzene rings is 2. The molecule has 1 fully saturated rings. The van der Waals surface area contributed by atoms with E-state index in [4.69, 9.17) is 25.8 Å². The van der Waals surface area contributed by atoms with Gasteiger partial charge < -0.3 is 24.4 Å². The molecule has 0 aliphatic carbocycles. The van der Waals surface area contributed by atoms with E-state index in [1.807, 2.05) is 24.3 Å². The van der Waals surface area contributed by atoms with Crippen molar-refractivity contribution in [2.75, 3.05) is 38.3 Å². The molecule has 152 valence electrons. The zero-order valence-corrected chi connectivity index (χ0v) is 17.4. The summed E-state index contributed by atoms with van der Waals surface area (Å²) in [4.78, 5) is 19.0. The van der Waals surface area contributed by atoms with Gasteiger partial charge in [-0.3, -0.25) is 0 Å². The highest BCUT2D eigenvalue weighted by Gasteiger charge is 2.20. The number of methoxy groups -OCH3 is 1. The fourth-order valence-electron chi connectivity index (χ4n) is 3.15. The number of anilines is 1. The molecule has 1 N–H and O–H groups in total. The number of hydrogen-bond donors (Lipinski definition) is 1. The van der Waals surface area contributed by atoms with Crippen molar-refractivity contribution in [3.63, 3.8) is 0 Å². The summed E-state index contributed by atoms with van der Waals surface area (Å²) in [6, 6.07) is 11.2. The third-order valence-corrected chi connectivity index (χ3v) is 5.73. The topological polar surface area (TPSA) is 72.9 Å². The fourth-order valence-corrected chi connectivity index (χ4v) is 4.33. The molecule has 0 bridgehead atoms. The molecule has 0 atom stereocenters. The molecule has 1 saturated heterocycles. The summed E-state index contributed by atoms with van der Waals surface area (Å²) in [7, 11) is 1.60. The fraction of sp³-hybridized carbons (Fsp3) is 0.300. The highest BCUT2D eigenvalue weighted by atomic mass is 35.5. The minimum absolute atomic E-state index is 0.266. The average molecular weight is 434 g/mol. The number of rotatable bonds is 5. The van der Waals surface area contributed by atoms with Crippen LogP contribution in [-0.2, 0) is 11.3 Å². The minimum Gasteiger partial charge on any atom is -0.494 e. The van der Waals surface area contributed by atoms with E-state index in [-0.39, 0.29) is 5.19 Å². The molecule has 29 heavy (non-hydrogen) atoms. The first-order valence-electron chi connectivity index (χ1n) is 9.14. The van der Waals surface area contributed by atoms with Crippen LogP contribution in [0.15, 0.2) is 36.4 Å². The van der Waals surface area contributed by atoms with Crippen LogP contribution in [0.4, 0.5) is 10.5 Å². The van der Waals surface area contributed by atoms with Gasteiger partial charge >= 0.3 is 6.09 Å². The quantitative estimate of drug-likeness (QED) is 0.653. The molecule has 0 spiro atoms. The van der Waals surface area contributed by atoms with Gasteiger partial charge in [0.05, 0.1) is 30.7 Å². The number of hydrogen-bond acceptors (Lipinski definition) is 7. The van der Waals surface area contributed by atoms with E-state index in [9.17, 15) is 4.79 Å². The minimum atomic E-state index is -0.573. The first-order valence-corrected chi connectivity index (χ1v) is 10.3. The van der Waals surface area contributed by atoms with E-state index < -0.39 is 6.09 Å². The second-order valence-electron chi connectivity index (χ2n) is 6.42. The summed E-state index contributed by atoms with van der Waals surface area (Å²) in [5.41, 5.74) is 2.60.